The molecule has 0 saturated heterocycles. The molecule has 3 nitrogen and oxygen atoms in total. The maximum atomic E-state index is 11.0. The van der Waals surface area contributed by atoms with E-state index in [1.807, 2.05) is 0 Å². The van der Waals surface area contributed by atoms with Crippen molar-refractivity contribution < 1.29 is 9.53 Å². The van der Waals surface area contributed by atoms with E-state index in [-0.39, 0.29) is 0 Å². The molecule has 0 aromatic heterocycles. The van der Waals surface area contributed by atoms with Crippen molar-refractivity contribution in [3.05, 3.63) is 25.7 Å². The van der Waals surface area contributed by atoms with E-state index in [1.54, 1.807) is 12.1 Å². The summed E-state index contributed by atoms with van der Waals surface area (Å²) in [4.78, 5) is 11.0. The van der Waals surface area contributed by atoms with E-state index >= 15 is 0 Å². The summed E-state index contributed by atoms with van der Waals surface area (Å²) in [5.41, 5.74) is 5.57. The van der Waals surface area contributed by atoms with Crippen LogP contribution in [0.2, 0.25) is 0 Å². The third-order valence-corrected chi connectivity index (χ3v) is 3.99. The molecule has 0 unspecified atom stereocenters. The summed E-state index contributed by atoms with van der Waals surface area (Å²) in [6.07, 6.45) is 0. The van der Waals surface area contributed by atoms with Crippen LogP contribution in [0, 0.1) is 3.57 Å². The third kappa shape index (κ3) is 2.14. The molecule has 13 heavy (non-hydrogen) atoms. The van der Waals surface area contributed by atoms with E-state index in [0.717, 1.165) is 8.04 Å². The van der Waals surface area contributed by atoms with Gasteiger partial charge in [-0.1, -0.05) is 0 Å². The van der Waals surface area contributed by atoms with Gasteiger partial charge in [0.2, 0.25) is 0 Å². The first-order chi connectivity index (χ1) is 6.07. The molecule has 0 heterocycles. The average molecular weight is 356 g/mol. The average Bonchev–Trinajstić information content (AvgIpc) is 2.09. The topological polar surface area (TPSA) is 52.3 Å². The largest absolute Gasteiger partial charge is 0.495 e. The summed E-state index contributed by atoms with van der Waals surface area (Å²) in [7, 11) is 1.51. The minimum Gasteiger partial charge on any atom is -0.495 e. The molecular weight excluding hydrogens is 349 g/mol. The number of halogens is 2. The lowest BCUT2D eigenvalue weighted by molar-refractivity contribution is 0.0997. The van der Waals surface area contributed by atoms with Crippen molar-refractivity contribution >= 4 is 44.4 Å². The van der Waals surface area contributed by atoms with Crippen molar-refractivity contribution in [1.82, 2.24) is 0 Å². The lowest BCUT2D eigenvalue weighted by atomic mass is 10.2. The maximum Gasteiger partial charge on any atom is 0.252 e. The van der Waals surface area contributed by atoms with Crippen molar-refractivity contribution in [3.8, 4) is 5.75 Å². The molecule has 0 aliphatic carbocycles. The highest BCUT2D eigenvalue weighted by Crippen LogP contribution is 2.31. The van der Waals surface area contributed by atoms with E-state index in [9.17, 15) is 4.79 Å². The van der Waals surface area contributed by atoms with Crippen LogP contribution in [0.5, 0.6) is 5.75 Å². The van der Waals surface area contributed by atoms with Crippen molar-refractivity contribution in [2.24, 2.45) is 5.73 Å². The number of carbonyl (C=O) groups excluding carboxylic acids is 1. The summed E-state index contributed by atoms with van der Waals surface area (Å²) >= 11 is 5.41. The quantitative estimate of drug-likeness (QED) is 0.826. The van der Waals surface area contributed by atoms with Gasteiger partial charge >= 0.3 is 0 Å². The number of ether oxygens (including phenoxy) is 1. The number of carbonyl (C=O) groups is 1. The number of amides is 1. The third-order valence-electron chi connectivity index (χ3n) is 1.52. The zero-order valence-electron chi connectivity index (χ0n) is 6.80. The Bertz CT molecular complexity index is 354. The standard InChI is InChI=1S/C8H7BrINO2/c1-13-7-4(8(11)12)2-3-5(9)6(7)10/h2-3H,1H3,(H2,11,12). The van der Waals surface area contributed by atoms with Crippen LogP contribution in [0.25, 0.3) is 0 Å². The molecule has 1 aromatic carbocycles. The molecular formula is C8H7BrINO2. The monoisotopic (exact) mass is 355 g/mol. The highest BCUT2D eigenvalue weighted by molar-refractivity contribution is 14.1. The smallest absolute Gasteiger partial charge is 0.252 e. The molecule has 1 aromatic rings. The van der Waals surface area contributed by atoms with E-state index in [0.29, 0.717) is 11.3 Å². The first-order valence-corrected chi connectivity index (χ1v) is 5.27. The zero-order valence-corrected chi connectivity index (χ0v) is 10.5. The summed E-state index contributed by atoms with van der Waals surface area (Å²) in [5, 5.41) is 0. The first kappa shape index (κ1) is 10.8. The fourth-order valence-corrected chi connectivity index (χ4v) is 1.93. The van der Waals surface area contributed by atoms with Gasteiger partial charge in [0.25, 0.3) is 5.91 Å². The molecule has 0 atom stereocenters. The molecule has 1 amide bonds. The van der Waals surface area contributed by atoms with Gasteiger partial charge in [-0.3, -0.25) is 4.79 Å². The fraction of sp³-hybridized carbons (Fsp3) is 0.125. The van der Waals surface area contributed by atoms with Gasteiger partial charge in [0, 0.05) is 4.47 Å². The van der Waals surface area contributed by atoms with Gasteiger partial charge in [-0.15, -0.1) is 0 Å². The molecule has 1 rings (SSSR count). The van der Waals surface area contributed by atoms with Crippen molar-refractivity contribution in [1.29, 1.82) is 0 Å². The maximum absolute atomic E-state index is 11.0. The second kappa shape index (κ2) is 4.28. The molecule has 0 bridgehead atoms. The lowest BCUT2D eigenvalue weighted by Gasteiger charge is -2.08. The second-order valence-corrected chi connectivity index (χ2v) is 4.24. The van der Waals surface area contributed by atoms with Gasteiger partial charge in [-0.25, -0.2) is 0 Å². The van der Waals surface area contributed by atoms with Crippen molar-refractivity contribution in [2.45, 2.75) is 0 Å². The van der Waals surface area contributed by atoms with Crippen LogP contribution >= 0.6 is 38.5 Å². The zero-order chi connectivity index (χ0) is 10.0. The van der Waals surface area contributed by atoms with Gasteiger partial charge in [0.1, 0.15) is 5.75 Å². The van der Waals surface area contributed by atoms with Crippen molar-refractivity contribution in [2.75, 3.05) is 7.11 Å². The van der Waals surface area contributed by atoms with Crippen LogP contribution in [0.1, 0.15) is 10.4 Å². The minimum atomic E-state index is -0.484. The molecule has 0 aliphatic rings. The van der Waals surface area contributed by atoms with Gasteiger partial charge < -0.3 is 10.5 Å². The van der Waals surface area contributed by atoms with Crippen LogP contribution < -0.4 is 10.5 Å². The molecule has 0 fully saturated rings. The number of nitrogens with two attached hydrogens (primary N) is 1. The Kier molecular flexibility index (Phi) is 3.55. The van der Waals surface area contributed by atoms with Crippen LogP contribution in [0.4, 0.5) is 0 Å². The summed E-state index contributed by atoms with van der Waals surface area (Å²) in [6, 6.07) is 3.40. The Morgan fingerprint density at radius 1 is 1.62 bits per heavy atom. The Balaban J connectivity index is 3.38. The lowest BCUT2D eigenvalue weighted by Crippen LogP contribution is -2.13. The Hall–Kier alpha value is -0.300. The van der Waals surface area contributed by atoms with E-state index < -0.39 is 5.91 Å². The van der Waals surface area contributed by atoms with Crippen LogP contribution in [0.15, 0.2) is 16.6 Å². The van der Waals surface area contributed by atoms with Crippen LogP contribution in [-0.2, 0) is 0 Å². The van der Waals surface area contributed by atoms with Crippen molar-refractivity contribution in [3.63, 3.8) is 0 Å². The molecule has 0 spiro atoms. The number of methoxy groups -OCH3 is 1. The predicted molar refractivity (Wildman–Crippen MR) is 61.9 cm³/mol. The number of rotatable bonds is 2. The number of benzene rings is 1. The van der Waals surface area contributed by atoms with Gasteiger partial charge in [0.15, 0.2) is 0 Å². The van der Waals surface area contributed by atoms with Gasteiger partial charge in [-0.2, -0.15) is 0 Å². The van der Waals surface area contributed by atoms with E-state index in [2.05, 4.69) is 38.5 Å². The Morgan fingerprint density at radius 3 is 2.69 bits per heavy atom. The van der Waals surface area contributed by atoms with Gasteiger partial charge in [-0.05, 0) is 50.7 Å². The normalized spacial score (nSPS) is 9.77. The van der Waals surface area contributed by atoms with Crippen LogP contribution in [-0.4, -0.2) is 13.0 Å². The highest BCUT2D eigenvalue weighted by atomic mass is 127. The highest BCUT2D eigenvalue weighted by Gasteiger charge is 2.13. The van der Waals surface area contributed by atoms with Gasteiger partial charge in [0.05, 0.1) is 16.2 Å². The SMILES string of the molecule is COc1c(C(N)=O)ccc(Br)c1I. The summed E-state index contributed by atoms with van der Waals surface area (Å²) in [5.74, 6) is 0.0322. The molecule has 0 aliphatic heterocycles. The predicted octanol–water partition coefficient (Wildman–Crippen LogP) is 2.16. The summed E-state index contributed by atoms with van der Waals surface area (Å²) < 4.78 is 6.81. The molecule has 70 valence electrons. The van der Waals surface area contributed by atoms with E-state index in [1.165, 1.54) is 7.11 Å². The minimum absolute atomic E-state index is 0.398. The molecule has 5 heteroatoms. The Labute approximate surface area is 97.9 Å². The fourth-order valence-electron chi connectivity index (χ4n) is 0.926. The molecule has 0 radical (unpaired) electrons. The first-order valence-electron chi connectivity index (χ1n) is 3.39. The molecule has 0 saturated carbocycles. The van der Waals surface area contributed by atoms with Crippen LogP contribution in [0.3, 0.4) is 0 Å². The number of primary amides is 1. The number of hydrogen-bond acceptors (Lipinski definition) is 2. The summed E-state index contributed by atoms with van der Waals surface area (Å²) in [6.45, 7) is 0. The second-order valence-electron chi connectivity index (χ2n) is 2.31. The Morgan fingerprint density at radius 2 is 2.23 bits per heavy atom. The number of hydrogen-bond donors (Lipinski definition) is 1. The van der Waals surface area contributed by atoms with E-state index in [4.69, 9.17) is 10.5 Å². The molecule has 2 N–H and O–H groups in total.